The van der Waals surface area contributed by atoms with Gasteiger partial charge in [-0.2, -0.15) is 11.8 Å². The molecule has 0 fully saturated rings. The summed E-state index contributed by atoms with van der Waals surface area (Å²) in [5.74, 6) is 0. The normalized spacial score (nSPS) is 12.5. The minimum Gasteiger partial charge on any atom is -0.416 e. The van der Waals surface area contributed by atoms with Crippen LogP contribution in [0, 0.1) is 0 Å². The molecule has 0 bridgehead atoms. The summed E-state index contributed by atoms with van der Waals surface area (Å²) in [5.41, 5.74) is 0. The zero-order valence-corrected chi connectivity index (χ0v) is 29.4. The van der Waals surface area contributed by atoms with Crippen LogP contribution in [0.25, 0.3) is 0 Å². The van der Waals surface area contributed by atoms with E-state index in [2.05, 4.69) is 53.3 Å². The van der Waals surface area contributed by atoms with Crippen molar-refractivity contribution in [1.82, 2.24) is 0 Å². The number of unbranched alkanes of at least 4 members (excludes halogenated alkanes) is 12. The molecule has 0 spiro atoms. The van der Waals surface area contributed by atoms with Crippen molar-refractivity contribution in [2.75, 3.05) is 24.0 Å². The number of hydrogen-bond donors (Lipinski definition) is 0. The van der Waals surface area contributed by atoms with Crippen molar-refractivity contribution in [3.63, 3.8) is 0 Å². The van der Waals surface area contributed by atoms with E-state index in [1.54, 1.807) is 0 Å². The van der Waals surface area contributed by atoms with E-state index in [9.17, 15) is 0 Å². The van der Waals surface area contributed by atoms with E-state index in [1.165, 1.54) is 151 Å². The molecule has 0 saturated carbocycles. The van der Waals surface area contributed by atoms with Crippen LogP contribution in [0.4, 0.5) is 0 Å². The van der Waals surface area contributed by atoms with Gasteiger partial charge in [0.2, 0.25) is 16.6 Å². The van der Waals surface area contributed by atoms with E-state index >= 15 is 0 Å². The third kappa shape index (κ3) is 20.3. The van der Waals surface area contributed by atoms with Crippen molar-refractivity contribution in [2.24, 2.45) is 0 Å². The fourth-order valence-electron chi connectivity index (χ4n) is 5.40. The Bertz CT molecular complexity index is 404. The topological polar surface area (TPSA) is 18.5 Å². The Hall–Kier alpha value is 0.704. The van der Waals surface area contributed by atoms with Gasteiger partial charge in [0.05, 0.1) is 0 Å². The molecular weight excluding hydrogens is 505 g/mol. The molecule has 0 atom stereocenters. The first-order valence-electron chi connectivity index (χ1n) is 16.9. The average molecular weight is 575 g/mol. The summed E-state index contributed by atoms with van der Waals surface area (Å²) in [6, 6.07) is 5.56. The molecule has 2 nitrogen and oxygen atoms in total. The Labute approximate surface area is 241 Å². The van der Waals surface area contributed by atoms with Gasteiger partial charge in [0.25, 0.3) is 0 Å². The Morgan fingerprint density at radius 2 is 0.649 bits per heavy atom. The van der Waals surface area contributed by atoms with Crippen LogP contribution in [0.2, 0.25) is 24.2 Å². The predicted octanol–water partition coefficient (Wildman–Crippen LogP) is 11.9. The van der Waals surface area contributed by atoms with Crippen LogP contribution in [-0.4, -0.2) is 40.6 Å². The first-order chi connectivity index (χ1) is 18.1. The molecule has 37 heavy (non-hydrogen) atoms. The fraction of sp³-hybridized carbons (Fsp3) is 1.00. The molecule has 0 saturated heterocycles. The van der Waals surface area contributed by atoms with Gasteiger partial charge in [-0.05, 0) is 37.0 Å². The van der Waals surface area contributed by atoms with Gasteiger partial charge in [0, 0.05) is 24.0 Å². The second kappa shape index (κ2) is 26.9. The van der Waals surface area contributed by atoms with Gasteiger partial charge in [-0.3, -0.25) is 0 Å². The van der Waals surface area contributed by atoms with Crippen LogP contribution in [0.1, 0.15) is 157 Å². The Morgan fingerprint density at radius 1 is 0.378 bits per heavy atom. The standard InChI is InChI=1S/C32H70O2SSi2/c1-7-13-19-25-33-36(27-21-15-9-3,28-22-16-10-4)31-35-32-37(29-23-17-11-5,30-24-18-12-6)34-26-20-14-8-2/h7-32H2,1-6H3. The van der Waals surface area contributed by atoms with E-state index in [0.29, 0.717) is 0 Å². The summed E-state index contributed by atoms with van der Waals surface area (Å²) in [4.78, 5) is 0. The highest BCUT2D eigenvalue weighted by Crippen LogP contribution is 2.33. The number of thioether (sulfide) groups is 1. The highest BCUT2D eigenvalue weighted by atomic mass is 32.2. The van der Waals surface area contributed by atoms with Crippen molar-refractivity contribution >= 4 is 28.4 Å². The van der Waals surface area contributed by atoms with Crippen molar-refractivity contribution < 1.29 is 8.85 Å². The molecule has 0 aliphatic carbocycles. The molecule has 0 aliphatic heterocycles. The van der Waals surface area contributed by atoms with Crippen LogP contribution < -0.4 is 0 Å². The van der Waals surface area contributed by atoms with Gasteiger partial charge in [0.1, 0.15) is 0 Å². The molecule has 0 aromatic heterocycles. The Balaban J connectivity index is 5.55. The molecule has 5 heteroatoms. The molecule has 0 aromatic rings. The van der Waals surface area contributed by atoms with Crippen molar-refractivity contribution in [3.05, 3.63) is 0 Å². The monoisotopic (exact) mass is 574 g/mol. The third-order valence-corrected chi connectivity index (χ3v) is 20.5. The minimum absolute atomic E-state index is 1.02. The highest BCUT2D eigenvalue weighted by molar-refractivity contribution is 8.02. The van der Waals surface area contributed by atoms with E-state index < -0.39 is 16.6 Å². The van der Waals surface area contributed by atoms with E-state index in [0.717, 1.165) is 13.2 Å². The molecule has 0 unspecified atom stereocenters. The quantitative estimate of drug-likeness (QED) is 0.0627. The van der Waals surface area contributed by atoms with Crippen molar-refractivity contribution in [2.45, 2.75) is 181 Å². The van der Waals surface area contributed by atoms with E-state index in [1.807, 2.05) is 0 Å². The molecule has 0 aromatic carbocycles. The summed E-state index contributed by atoms with van der Waals surface area (Å²) >= 11 is 2.30. The van der Waals surface area contributed by atoms with Crippen LogP contribution in [0.15, 0.2) is 0 Å². The van der Waals surface area contributed by atoms with Crippen LogP contribution in [0.5, 0.6) is 0 Å². The first kappa shape index (κ1) is 37.7. The van der Waals surface area contributed by atoms with Gasteiger partial charge in [-0.1, -0.05) is 144 Å². The second-order valence-electron chi connectivity index (χ2n) is 11.8. The molecule has 224 valence electrons. The number of hydrogen-bond acceptors (Lipinski definition) is 3. The summed E-state index contributed by atoms with van der Waals surface area (Å²) in [6.07, 6.45) is 24.0. The molecule has 0 heterocycles. The smallest absolute Gasteiger partial charge is 0.202 e. The molecule has 0 aliphatic rings. The lowest BCUT2D eigenvalue weighted by Crippen LogP contribution is -2.46. The molecule has 0 amide bonds. The van der Waals surface area contributed by atoms with E-state index in [4.69, 9.17) is 8.85 Å². The Kier molecular flexibility index (Phi) is 27.4. The minimum atomic E-state index is -1.71. The zero-order valence-electron chi connectivity index (χ0n) is 26.6. The lowest BCUT2D eigenvalue weighted by atomic mass is 10.3. The largest absolute Gasteiger partial charge is 0.416 e. The summed E-state index contributed by atoms with van der Waals surface area (Å²) in [7, 11) is -3.42. The molecule has 0 rings (SSSR count). The van der Waals surface area contributed by atoms with Crippen LogP contribution in [0.3, 0.4) is 0 Å². The Morgan fingerprint density at radius 3 is 0.919 bits per heavy atom. The maximum absolute atomic E-state index is 7.04. The lowest BCUT2D eigenvalue weighted by Gasteiger charge is -2.35. The highest BCUT2D eigenvalue weighted by Gasteiger charge is 2.38. The van der Waals surface area contributed by atoms with E-state index in [-0.39, 0.29) is 0 Å². The van der Waals surface area contributed by atoms with Gasteiger partial charge in [-0.15, -0.1) is 0 Å². The summed E-state index contributed by atoms with van der Waals surface area (Å²) in [5, 5.41) is 2.64. The third-order valence-electron chi connectivity index (χ3n) is 7.99. The molecule has 0 radical (unpaired) electrons. The SMILES string of the molecule is CCCCCO[Si](CCCCC)(CCCCC)CSC[Si](CCCCC)(CCCCC)OCCCCC. The number of rotatable bonds is 30. The van der Waals surface area contributed by atoms with Gasteiger partial charge in [0.15, 0.2) is 0 Å². The van der Waals surface area contributed by atoms with Crippen molar-refractivity contribution in [3.8, 4) is 0 Å². The van der Waals surface area contributed by atoms with Crippen LogP contribution >= 0.6 is 11.8 Å². The second-order valence-corrected chi connectivity index (χ2v) is 21.8. The van der Waals surface area contributed by atoms with Crippen LogP contribution in [-0.2, 0) is 8.85 Å². The maximum Gasteiger partial charge on any atom is 0.202 e. The zero-order chi connectivity index (χ0) is 27.5. The molecular formula is C32H70O2SSi2. The summed E-state index contributed by atoms with van der Waals surface area (Å²) in [6.45, 7) is 16.0. The van der Waals surface area contributed by atoms with Gasteiger partial charge >= 0.3 is 0 Å². The maximum atomic E-state index is 7.04. The lowest BCUT2D eigenvalue weighted by molar-refractivity contribution is 0.287. The predicted molar refractivity (Wildman–Crippen MR) is 177 cm³/mol. The van der Waals surface area contributed by atoms with Crippen molar-refractivity contribution in [1.29, 1.82) is 0 Å². The summed E-state index contributed by atoms with van der Waals surface area (Å²) < 4.78 is 14.1. The average Bonchev–Trinajstić information content (AvgIpc) is 2.90. The molecule has 0 N–H and O–H groups in total. The van der Waals surface area contributed by atoms with Gasteiger partial charge in [-0.25, -0.2) is 0 Å². The first-order valence-corrected chi connectivity index (χ1v) is 23.1. The fourth-order valence-corrected chi connectivity index (χ4v) is 18.5. The van der Waals surface area contributed by atoms with Gasteiger partial charge < -0.3 is 8.85 Å².